The lowest BCUT2D eigenvalue weighted by Crippen LogP contribution is -2.44. The van der Waals surface area contributed by atoms with E-state index in [9.17, 15) is 9.59 Å². The Labute approximate surface area is 206 Å². The molecule has 1 aliphatic heterocycles. The van der Waals surface area contributed by atoms with Crippen LogP contribution in [0, 0.1) is 0 Å². The second-order valence-corrected chi connectivity index (χ2v) is 8.69. The molecule has 0 unspecified atom stereocenters. The van der Waals surface area contributed by atoms with Crippen LogP contribution in [-0.4, -0.2) is 56.5 Å². The van der Waals surface area contributed by atoms with Crippen LogP contribution in [0.25, 0.3) is 22.1 Å². The van der Waals surface area contributed by atoms with E-state index in [1.54, 1.807) is 7.05 Å². The molecule has 0 aliphatic carbocycles. The molecule has 1 atom stereocenters. The van der Waals surface area contributed by atoms with Gasteiger partial charge in [0.1, 0.15) is 22.1 Å². The highest BCUT2D eigenvalue weighted by molar-refractivity contribution is 6.31. The van der Waals surface area contributed by atoms with Crippen molar-refractivity contribution < 1.29 is 9.53 Å². The Kier molecular flexibility index (Phi) is 6.57. The van der Waals surface area contributed by atoms with Gasteiger partial charge in [0.2, 0.25) is 5.95 Å². The third kappa shape index (κ3) is 3.81. The Bertz CT molecular complexity index is 1440. The number of aryl methyl sites for hydroxylation is 1. The van der Waals surface area contributed by atoms with Crippen LogP contribution in [0.3, 0.4) is 0 Å². The van der Waals surface area contributed by atoms with Gasteiger partial charge in [0, 0.05) is 31.2 Å². The zero-order chi connectivity index (χ0) is 23.3. The lowest BCUT2D eigenvalue weighted by atomic mass is 10.1. The van der Waals surface area contributed by atoms with Crippen molar-refractivity contribution in [2.45, 2.75) is 25.4 Å². The number of imidazole rings is 1. The highest BCUT2D eigenvalue weighted by atomic mass is 35.5. The van der Waals surface area contributed by atoms with E-state index in [1.807, 2.05) is 28.8 Å². The standard InChI is InChI=1S/C22H24ClN7O3.ClH/c1-28-18-16(26-27-17(18)21(32)33-2)15-19(20(28)31)30(10-12-6-3-4-8-14(12)23)22(25-15)29-9-5-7-13(24)11-29;/h3-4,6,8,13H,5,7,9-11,24H2,1-2H3,(H,26,27);1H/t13-;/m1./s1. The van der Waals surface area contributed by atoms with E-state index in [0.717, 1.165) is 24.9 Å². The van der Waals surface area contributed by atoms with Crippen molar-refractivity contribution in [3.05, 3.63) is 50.9 Å². The van der Waals surface area contributed by atoms with E-state index < -0.39 is 5.97 Å². The van der Waals surface area contributed by atoms with E-state index in [1.165, 1.54) is 11.7 Å². The molecule has 3 aromatic heterocycles. The zero-order valence-corrected chi connectivity index (χ0v) is 20.3. The van der Waals surface area contributed by atoms with Gasteiger partial charge in [-0.1, -0.05) is 29.8 Å². The first-order valence-electron chi connectivity index (χ1n) is 10.7. The van der Waals surface area contributed by atoms with Crippen LogP contribution >= 0.6 is 24.0 Å². The number of hydrogen-bond donors (Lipinski definition) is 2. The number of aromatic nitrogens is 5. The monoisotopic (exact) mass is 505 g/mol. The van der Waals surface area contributed by atoms with Crippen molar-refractivity contribution >= 4 is 58.0 Å². The Morgan fingerprint density at radius 3 is 2.76 bits per heavy atom. The number of halogens is 2. The number of methoxy groups -OCH3 is 1. The molecule has 0 saturated carbocycles. The molecule has 4 aromatic rings. The fraction of sp³-hybridized carbons (Fsp3) is 0.364. The summed E-state index contributed by atoms with van der Waals surface area (Å²) in [4.78, 5) is 32.8. The van der Waals surface area contributed by atoms with Gasteiger partial charge in [0.25, 0.3) is 5.56 Å². The van der Waals surface area contributed by atoms with Crippen molar-refractivity contribution in [2.75, 3.05) is 25.1 Å². The maximum absolute atomic E-state index is 13.6. The second-order valence-electron chi connectivity index (χ2n) is 8.29. The summed E-state index contributed by atoms with van der Waals surface area (Å²) in [6.07, 6.45) is 1.87. The number of nitrogens with zero attached hydrogens (tertiary/aromatic N) is 5. The van der Waals surface area contributed by atoms with Crippen molar-refractivity contribution in [3.63, 3.8) is 0 Å². The fourth-order valence-corrected chi connectivity index (χ4v) is 4.73. The minimum absolute atomic E-state index is 0. The summed E-state index contributed by atoms with van der Waals surface area (Å²) in [5, 5.41) is 7.64. The minimum Gasteiger partial charge on any atom is -0.464 e. The summed E-state index contributed by atoms with van der Waals surface area (Å²) in [7, 11) is 2.89. The van der Waals surface area contributed by atoms with Crippen LogP contribution in [0.5, 0.6) is 0 Å². The molecule has 4 heterocycles. The summed E-state index contributed by atoms with van der Waals surface area (Å²) in [6, 6.07) is 7.53. The zero-order valence-electron chi connectivity index (χ0n) is 18.7. The molecular weight excluding hydrogens is 481 g/mol. The number of piperidine rings is 1. The number of nitrogens with one attached hydrogen (secondary N) is 1. The average molecular weight is 506 g/mol. The molecule has 5 rings (SSSR count). The first-order chi connectivity index (χ1) is 15.9. The van der Waals surface area contributed by atoms with Gasteiger partial charge in [0.15, 0.2) is 5.69 Å². The number of H-pyrrole nitrogens is 1. The molecule has 34 heavy (non-hydrogen) atoms. The Hall–Kier alpha value is -3.08. The topological polar surface area (TPSA) is 124 Å². The van der Waals surface area contributed by atoms with Crippen molar-refractivity contribution in [1.29, 1.82) is 0 Å². The van der Waals surface area contributed by atoms with Crippen molar-refractivity contribution in [3.8, 4) is 0 Å². The van der Waals surface area contributed by atoms with Crippen molar-refractivity contribution in [2.24, 2.45) is 12.8 Å². The summed E-state index contributed by atoms with van der Waals surface area (Å²) >= 11 is 6.45. The van der Waals surface area contributed by atoms with E-state index >= 15 is 0 Å². The highest BCUT2D eigenvalue weighted by Gasteiger charge is 2.28. The molecule has 1 aliphatic rings. The maximum Gasteiger partial charge on any atom is 0.358 e. The van der Waals surface area contributed by atoms with Gasteiger partial charge in [-0.05, 0) is 24.5 Å². The summed E-state index contributed by atoms with van der Waals surface area (Å²) in [5.74, 6) is 0.0249. The molecule has 0 radical (unpaired) electrons. The normalized spacial score (nSPS) is 16.1. The Morgan fingerprint density at radius 2 is 2.06 bits per heavy atom. The Morgan fingerprint density at radius 1 is 1.29 bits per heavy atom. The molecule has 1 aromatic carbocycles. The SMILES string of the molecule is COC(=O)c1[nH]nc2c3nc(N4CCC[C@@H](N)C4)n(Cc4ccccc4Cl)c3c(=O)n(C)c12.Cl. The molecular formula is C22H25Cl2N7O3. The van der Waals surface area contributed by atoms with Gasteiger partial charge in [-0.15, -0.1) is 12.4 Å². The number of nitrogens with two attached hydrogens (primary N) is 1. The lowest BCUT2D eigenvalue weighted by molar-refractivity contribution is 0.0595. The molecule has 1 saturated heterocycles. The second kappa shape index (κ2) is 9.28. The van der Waals surface area contributed by atoms with Crippen LogP contribution < -0.4 is 16.2 Å². The van der Waals surface area contributed by atoms with Gasteiger partial charge < -0.3 is 24.5 Å². The number of fused-ring (bicyclic) bond motifs is 3. The van der Waals surface area contributed by atoms with Gasteiger partial charge in [-0.2, -0.15) is 5.10 Å². The maximum atomic E-state index is 13.6. The number of carbonyl (C=O) groups is 1. The van der Waals surface area contributed by atoms with Crippen LogP contribution in [0.2, 0.25) is 5.02 Å². The third-order valence-corrected chi connectivity index (χ3v) is 6.54. The van der Waals surface area contributed by atoms with E-state index in [4.69, 9.17) is 27.1 Å². The number of esters is 1. The molecule has 0 spiro atoms. The first-order valence-corrected chi connectivity index (χ1v) is 11.1. The van der Waals surface area contributed by atoms with Gasteiger partial charge in [-0.25, -0.2) is 9.78 Å². The third-order valence-electron chi connectivity index (χ3n) is 6.17. The van der Waals surface area contributed by atoms with Crippen LogP contribution in [-0.2, 0) is 18.3 Å². The number of anilines is 1. The number of rotatable bonds is 4. The van der Waals surface area contributed by atoms with E-state index in [0.29, 0.717) is 46.1 Å². The van der Waals surface area contributed by atoms with Gasteiger partial charge in [0.05, 0.1) is 13.7 Å². The molecule has 10 nitrogen and oxygen atoms in total. The number of carbonyl (C=O) groups excluding carboxylic acids is 1. The molecule has 0 bridgehead atoms. The largest absolute Gasteiger partial charge is 0.464 e. The van der Waals surface area contributed by atoms with Gasteiger partial charge >= 0.3 is 5.97 Å². The molecule has 1 fully saturated rings. The van der Waals surface area contributed by atoms with Crippen LogP contribution in [0.4, 0.5) is 5.95 Å². The fourth-order valence-electron chi connectivity index (χ4n) is 4.54. The number of hydrogen-bond acceptors (Lipinski definition) is 7. The smallest absolute Gasteiger partial charge is 0.358 e. The molecule has 3 N–H and O–H groups in total. The molecule has 0 amide bonds. The van der Waals surface area contributed by atoms with E-state index in [-0.39, 0.29) is 29.7 Å². The van der Waals surface area contributed by atoms with Crippen molar-refractivity contribution in [1.82, 2.24) is 24.3 Å². The van der Waals surface area contributed by atoms with Crippen LogP contribution in [0.15, 0.2) is 29.1 Å². The molecule has 180 valence electrons. The summed E-state index contributed by atoms with van der Waals surface area (Å²) in [6.45, 7) is 1.76. The predicted octanol–water partition coefficient (Wildman–Crippen LogP) is 2.45. The lowest BCUT2D eigenvalue weighted by Gasteiger charge is -2.32. The minimum atomic E-state index is -0.607. The predicted molar refractivity (Wildman–Crippen MR) is 133 cm³/mol. The number of ether oxygens (including phenoxy) is 1. The molecule has 12 heteroatoms. The summed E-state index contributed by atoms with van der Waals surface area (Å²) in [5.41, 5.74) is 8.50. The first kappa shape index (κ1) is 24.1. The highest BCUT2D eigenvalue weighted by Crippen LogP contribution is 2.30. The average Bonchev–Trinajstić information content (AvgIpc) is 3.41. The quantitative estimate of drug-likeness (QED) is 0.408. The number of benzene rings is 1. The Balaban J connectivity index is 0.00000274. The van der Waals surface area contributed by atoms with Gasteiger partial charge in [-0.3, -0.25) is 9.89 Å². The van der Waals surface area contributed by atoms with E-state index in [2.05, 4.69) is 15.1 Å². The number of pyridine rings is 1. The summed E-state index contributed by atoms with van der Waals surface area (Å²) < 4.78 is 8.13. The van der Waals surface area contributed by atoms with Crippen LogP contribution in [0.1, 0.15) is 28.9 Å². The number of aromatic amines is 1.